The standard InChI is InChI=1S/C30H34BrN5O2/c1-3-5-27(37)36-13-12-35(19-26(36)30(38)34-17-21-6-4-11-32-16-21)29-25-10-7-20(2)14-22(25)8-9-23-15-24(31)18-33-28(23)29/h4,6-7,10-11,14-16,18,26,29H,3,5,8-9,12-13,17,19H2,1-2H3,(H,34,38). The lowest BCUT2D eigenvalue weighted by Crippen LogP contribution is -2.61. The van der Waals surface area contributed by atoms with Gasteiger partial charge in [-0.1, -0.05) is 36.8 Å². The Hall–Kier alpha value is -3.10. The van der Waals surface area contributed by atoms with Crippen molar-refractivity contribution in [2.75, 3.05) is 19.6 Å². The Morgan fingerprint density at radius 2 is 1.95 bits per heavy atom. The fourth-order valence-corrected chi connectivity index (χ4v) is 6.05. The van der Waals surface area contributed by atoms with E-state index in [0.717, 1.165) is 35.0 Å². The maximum atomic E-state index is 13.6. The molecule has 2 aromatic heterocycles. The Morgan fingerprint density at radius 3 is 2.74 bits per heavy atom. The molecule has 1 aliphatic carbocycles. The molecular weight excluding hydrogens is 542 g/mol. The summed E-state index contributed by atoms with van der Waals surface area (Å²) in [5.74, 6) is -0.0993. The molecule has 3 aromatic rings. The third kappa shape index (κ3) is 5.66. The summed E-state index contributed by atoms with van der Waals surface area (Å²) in [5.41, 5.74) is 7.00. The van der Waals surface area contributed by atoms with Crippen LogP contribution in [-0.4, -0.2) is 57.3 Å². The molecule has 8 heteroatoms. The molecule has 5 rings (SSSR count). The molecule has 1 N–H and O–H groups in total. The molecule has 1 aliphatic heterocycles. The lowest BCUT2D eigenvalue weighted by molar-refractivity contribution is -0.144. The number of aromatic nitrogens is 2. The summed E-state index contributed by atoms with van der Waals surface area (Å²) in [6.07, 6.45) is 8.39. The summed E-state index contributed by atoms with van der Waals surface area (Å²) in [7, 11) is 0. The van der Waals surface area contributed by atoms with E-state index in [1.807, 2.05) is 25.3 Å². The third-order valence-corrected chi connectivity index (χ3v) is 7.97. The Balaban J connectivity index is 1.48. The fraction of sp³-hybridized carbons (Fsp3) is 0.400. The molecule has 3 heterocycles. The SMILES string of the molecule is CCCC(=O)N1CCN(C2c3ccc(C)cc3CCc3cc(Br)cnc32)CC1C(=O)NCc1cccnc1. The summed E-state index contributed by atoms with van der Waals surface area (Å²) in [6.45, 7) is 6.14. The molecule has 0 spiro atoms. The van der Waals surface area contributed by atoms with E-state index in [-0.39, 0.29) is 17.9 Å². The Morgan fingerprint density at radius 1 is 1.11 bits per heavy atom. The van der Waals surface area contributed by atoms with Crippen LogP contribution in [0.4, 0.5) is 0 Å². The molecule has 2 amide bonds. The highest BCUT2D eigenvalue weighted by atomic mass is 79.9. The number of carbonyl (C=O) groups is 2. The van der Waals surface area contributed by atoms with Crippen molar-refractivity contribution in [3.05, 3.63) is 93.0 Å². The third-order valence-electron chi connectivity index (χ3n) is 7.54. The largest absolute Gasteiger partial charge is 0.350 e. The van der Waals surface area contributed by atoms with E-state index in [0.29, 0.717) is 32.6 Å². The summed E-state index contributed by atoms with van der Waals surface area (Å²) < 4.78 is 0.972. The van der Waals surface area contributed by atoms with Crippen LogP contribution in [0.25, 0.3) is 0 Å². The molecule has 2 unspecified atom stereocenters. The van der Waals surface area contributed by atoms with Gasteiger partial charge in [0.25, 0.3) is 0 Å². The predicted octanol–water partition coefficient (Wildman–Crippen LogP) is 4.36. The van der Waals surface area contributed by atoms with Gasteiger partial charge in [-0.3, -0.25) is 24.5 Å². The second-order valence-electron chi connectivity index (χ2n) is 10.2. The van der Waals surface area contributed by atoms with Crippen molar-refractivity contribution in [2.24, 2.45) is 0 Å². The van der Waals surface area contributed by atoms with Crippen molar-refractivity contribution in [1.82, 2.24) is 25.1 Å². The van der Waals surface area contributed by atoms with Gasteiger partial charge in [-0.2, -0.15) is 0 Å². The minimum Gasteiger partial charge on any atom is -0.350 e. The summed E-state index contributed by atoms with van der Waals surface area (Å²) in [6, 6.07) is 12.0. The second-order valence-corrected chi connectivity index (χ2v) is 11.1. The van der Waals surface area contributed by atoms with E-state index >= 15 is 0 Å². The lowest BCUT2D eigenvalue weighted by atomic mass is 9.94. The van der Waals surface area contributed by atoms with Gasteiger partial charge in [-0.25, -0.2) is 0 Å². The van der Waals surface area contributed by atoms with Gasteiger partial charge in [0.05, 0.1) is 11.7 Å². The van der Waals surface area contributed by atoms with Gasteiger partial charge >= 0.3 is 0 Å². The zero-order chi connectivity index (χ0) is 26.6. The number of nitrogens with zero attached hydrogens (tertiary/aromatic N) is 4. The molecule has 0 saturated carbocycles. The highest BCUT2D eigenvalue weighted by Crippen LogP contribution is 2.38. The first-order chi connectivity index (χ1) is 18.4. The molecule has 0 bridgehead atoms. The second kappa shape index (κ2) is 11.7. The predicted molar refractivity (Wildman–Crippen MR) is 150 cm³/mol. The zero-order valence-electron chi connectivity index (χ0n) is 22.0. The van der Waals surface area contributed by atoms with Crippen LogP contribution >= 0.6 is 15.9 Å². The van der Waals surface area contributed by atoms with Gasteiger partial charge in [0, 0.05) is 55.7 Å². The van der Waals surface area contributed by atoms with Crippen LogP contribution in [0.5, 0.6) is 0 Å². The van der Waals surface area contributed by atoms with Gasteiger partial charge in [-0.15, -0.1) is 0 Å². The summed E-state index contributed by atoms with van der Waals surface area (Å²) in [4.78, 5) is 39.9. The van der Waals surface area contributed by atoms with Gasteiger partial charge in [0.2, 0.25) is 11.8 Å². The van der Waals surface area contributed by atoms with Gasteiger partial charge < -0.3 is 10.2 Å². The van der Waals surface area contributed by atoms with E-state index in [4.69, 9.17) is 4.98 Å². The minimum absolute atomic E-state index is 0.0352. The number of piperazine rings is 1. The number of rotatable bonds is 6. The molecule has 38 heavy (non-hydrogen) atoms. The van der Waals surface area contributed by atoms with Gasteiger partial charge in [0.15, 0.2) is 0 Å². The molecule has 198 valence electrons. The molecule has 2 aliphatic rings. The average molecular weight is 577 g/mol. The van der Waals surface area contributed by atoms with E-state index in [9.17, 15) is 9.59 Å². The number of hydrogen-bond donors (Lipinski definition) is 1. The van der Waals surface area contributed by atoms with Crippen LogP contribution in [-0.2, 0) is 29.0 Å². The van der Waals surface area contributed by atoms with E-state index in [1.165, 1.54) is 22.3 Å². The molecular formula is C30H34BrN5O2. The first-order valence-electron chi connectivity index (χ1n) is 13.4. The molecule has 1 saturated heterocycles. The van der Waals surface area contributed by atoms with Crippen LogP contribution in [0.2, 0.25) is 0 Å². The van der Waals surface area contributed by atoms with E-state index < -0.39 is 6.04 Å². The van der Waals surface area contributed by atoms with Crippen LogP contribution < -0.4 is 5.32 Å². The maximum Gasteiger partial charge on any atom is 0.244 e. The van der Waals surface area contributed by atoms with Gasteiger partial charge in [-0.05, 0) is 76.5 Å². The number of pyridine rings is 2. The van der Waals surface area contributed by atoms with Crippen LogP contribution in [0, 0.1) is 6.92 Å². The quantitative estimate of drug-likeness (QED) is 0.472. The van der Waals surface area contributed by atoms with Crippen molar-refractivity contribution < 1.29 is 9.59 Å². The lowest BCUT2D eigenvalue weighted by Gasteiger charge is -2.44. The van der Waals surface area contributed by atoms with Crippen LogP contribution in [0.3, 0.4) is 0 Å². The van der Waals surface area contributed by atoms with Gasteiger partial charge in [0.1, 0.15) is 6.04 Å². The van der Waals surface area contributed by atoms with Crippen molar-refractivity contribution in [3.63, 3.8) is 0 Å². The monoisotopic (exact) mass is 575 g/mol. The average Bonchev–Trinajstić information content (AvgIpc) is 3.08. The van der Waals surface area contributed by atoms with E-state index in [2.05, 4.69) is 62.3 Å². The fourth-order valence-electron chi connectivity index (χ4n) is 5.67. The molecule has 7 nitrogen and oxygen atoms in total. The highest BCUT2D eigenvalue weighted by Gasteiger charge is 2.40. The number of benzene rings is 1. The maximum absolute atomic E-state index is 13.6. The molecule has 1 aromatic carbocycles. The number of aryl methyl sites for hydroxylation is 3. The topological polar surface area (TPSA) is 78.4 Å². The summed E-state index contributed by atoms with van der Waals surface area (Å²) in [5, 5.41) is 3.06. The van der Waals surface area contributed by atoms with Crippen LogP contribution in [0.15, 0.2) is 59.5 Å². The number of fused-ring (bicyclic) bond motifs is 2. The first-order valence-corrected chi connectivity index (χ1v) is 14.2. The van der Waals surface area contributed by atoms with Crippen molar-refractivity contribution in [1.29, 1.82) is 0 Å². The molecule has 2 atom stereocenters. The van der Waals surface area contributed by atoms with Crippen LogP contribution in [0.1, 0.15) is 59.3 Å². The number of nitrogens with one attached hydrogen (secondary N) is 1. The Bertz CT molecular complexity index is 1260. The zero-order valence-corrected chi connectivity index (χ0v) is 23.6. The Labute approximate surface area is 232 Å². The minimum atomic E-state index is -0.574. The summed E-state index contributed by atoms with van der Waals surface area (Å²) >= 11 is 3.60. The van der Waals surface area contributed by atoms with Crippen molar-refractivity contribution in [2.45, 2.75) is 58.2 Å². The highest BCUT2D eigenvalue weighted by molar-refractivity contribution is 9.10. The first kappa shape index (κ1) is 26.5. The molecule has 1 fully saturated rings. The number of hydrogen-bond acceptors (Lipinski definition) is 5. The van der Waals surface area contributed by atoms with E-state index in [1.54, 1.807) is 17.3 Å². The molecule has 0 radical (unpaired) electrons. The number of halogens is 1. The van der Waals surface area contributed by atoms with Crippen molar-refractivity contribution >= 4 is 27.7 Å². The smallest absolute Gasteiger partial charge is 0.244 e. The normalized spacial score (nSPS) is 19.3. The number of carbonyl (C=O) groups excluding carboxylic acids is 2. The Kier molecular flexibility index (Phi) is 8.19. The number of amides is 2. The van der Waals surface area contributed by atoms with Crippen molar-refractivity contribution in [3.8, 4) is 0 Å².